The van der Waals surface area contributed by atoms with Crippen LogP contribution in [0.5, 0.6) is 5.75 Å². The van der Waals surface area contributed by atoms with Gasteiger partial charge in [-0.3, -0.25) is 9.59 Å². The number of rotatable bonds is 9. The van der Waals surface area contributed by atoms with Gasteiger partial charge >= 0.3 is 5.97 Å². The molecule has 8 nitrogen and oxygen atoms in total. The second-order valence-electron chi connectivity index (χ2n) is 8.05. The normalized spacial score (nSPS) is 14.8. The molecule has 2 aromatic rings. The Balaban J connectivity index is 1.86. The van der Waals surface area contributed by atoms with Gasteiger partial charge in [-0.2, -0.15) is 4.31 Å². The van der Waals surface area contributed by atoms with Gasteiger partial charge in [-0.15, -0.1) is 0 Å². The van der Waals surface area contributed by atoms with Crippen LogP contribution in [0.4, 0.5) is 5.69 Å². The number of carbonyl (C=O) groups excluding carboxylic acids is 1. The molecule has 0 bridgehead atoms. The van der Waals surface area contributed by atoms with Crippen molar-refractivity contribution in [1.29, 1.82) is 0 Å². The molecule has 1 saturated carbocycles. The second-order valence-corrected chi connectivity index (χ2v) is 10.4. The minimum absolute atomic E-state index is 0.0358. The van der Waals surface area contributed by atoms with E-state index in [1.165, 1.54) is 46.8 Å². The van der Waals surface area contributed by atoms with E-state index in [1.54, 1.807) is 0 Å². The third-order valence-electron chi connectivity index (χ3n) is 5.66. The van der Waals surface area contributed by atoms with Crippen LogP contribution >= 0.6 is 11.6 Å². The van der Waals surface area contributed by atoms with Crippen molar-refractivity contribution in [2.45, 2.75) is 55.9 Å². The van der Waals surface area contributed by atoms with Crippen LogP contribution in [-0.2, 0) is 14.8 Å². The quantitative estimate of drug-likeness (QED) is 0.441. The molecule has 3 N–H and O–H groups in total. The van der Waals surface area contributed by atoms with Gasteiger partial charge < -0.3 is 15.5 Å². The number of benzene rings is 2. The van der Waals surface area contributed by atoms with Crippen LogP contribution in [0.1, 0.15) is 55.3 Å². The van der Waals surface area contributed by atoms with Crippen molar-refractivity contribution < 1.29 is 28.2 Å². The SMILES string of the molecule is O=C(O)CCCN(C1CCCCC1)S(=O)(=O)c1cccc(C(=O)Nc2cc(Cl)ccc2O)c1. The number of halogens is 1. The molecular formula is C23H27ClN2O6S. The summed E-state index contributed by atoms with van der Waals surface area (Å²) in [7, 11) is -3.95. The summed E-state index contributed by atoms with van der Waals surface area (Å²) in [5.41, 5.74) is 0.211. The van der Waals surface area contributed by atoms with E-state index in [0.29, 0.717) is 5.02 Å². The fraction of sp³-hybridized carbons (Fsp3) is 0.391. The van der Waals surface area contributed by atoms with Gasteiger partial charge in [0.2, 0.25) is 10.0 Å². The molecular weight excluding hydrogens is 468 g/mol. The van der Waals surface area contributed by atoms with Gasteiger partial charge in [0.15, 0.2) is 0 Å². The average molecular weight is 495 g/mol. The van der Waals surface area contributed by atoms with Crippen LogP contribution in [0.2, 0.25) is 5.02 Å². The van der Waals surface area contributed by atoms with Crippen molar-refractivity contribution in [1.82, 2.24) is 4.31 Å². The molecule has 1 fully saturated rings. The zero-order chi connectivity index (χ0) is 24.0. The van der Waals surface area contributed by atoms with E-state index in [2.05, 4.69) is 5.32 Å². The number of aromatic hydroxyl groups is 1. The van der Waals surface area contributed by atoms with E-state index in [-0.39, 0.29) is 47.3 Å². The lowest BCUT2D eigenvalue weighted by Gasteiger charge is -2.33. The minimum atomic E-state index is -3.95. The molecule has 0 aromatic heterocycles. The molecule has 0 atom stereocenters. The average Bonchev–Trinajstić information content (AvgIpc) is 2.79. The van der Waals surface area contributed by atoms with E-state index >= 15 is 0 Å². The van der Waals surface area contributed by atoms with Gasteiger partial charge in [-0.1, -0.05) is 36.9 Å². The highest BCUT2D eigenvalue weighted by molar-refractivity contribution is 7.89. The maximum atomic E-state index is 13.5. The van der Waals surface area contributed by atoms with Crippen molar-refractivity contribution in [3.8, 4) is 5.75 Å². The highest BCUT2D eigenvalue weighted by Crippen LogP contribution is 2.30. The Labute approximate surface area is 198 Å². The Morgan fingerprint density at radius 2 is 1.82 bits per heavy atom. The van der Waals surface area contributed by atoms with Gasteiger partial charge in [-0.05, 0) is 55.7 Å². The number of phenolic OH excluding ortho intramolecular Hbond substituents is 1. The number of amides is 1. The Kier molecular flexibility index (Phi) is 8.34. The van der Waals surface area contributed by atoms with E-state index in [0.717, 1.165) is 32.1 Å². The maximum absolute atomic E-state index is 13.5. The summed E-state index contributed by atoms with van der Waals surface area (Å²) in [6.45, 7) is 0.103. The Morgan fingerprint density at radius 1 is 1.09 bits per heavy atom. The minimum Gasteiger partial charge on any atom is -0.506 e. The molecule has 178 valence electrons. The van der Waals surface area contributed by atoms with Crippen molar-refractivity contribution in [3.05, 3.63) is 53.1 Å². The highest BCUT2D eigenvalue weighted by atomic mass is 35.5. The van der Waals surface area contributed by atoms with Crippen LogP contribution in [-0.4, -0.2) is 47.4 Å². The summed E-state index contributed by atoms with van der Waals surface area (Å²) < 4.78 is 28.5. The van der Waals surface area contributed by atoms with E-state index in [1.807, 2.05) is 0 Å². The fourth-order valence-corrected chi connectivity index (χ4v) is 5.93. The van der Waals surface area contributed by atoms with E-state index < -0.39 is 21.9 Å². The highest BCUT2D eigenvalue weighted by Gasteiger charge is 2.32. The number of carboxylic acid groups (broad SMARTS) is 1. The molecule has 1 amide bonds. The first kappa shape index (κ1) is 25.0. The van der Waals surface area contributed by atoms with Crippen LogP contribution in [0.3, 0.4) is 0 Å². The van der Waals surface area contributed by atoms with Crippen molar-refractivity contribution in [3.63, 3.8) is 0 Å². The van der Waals surface area contributed by atoms with Gasteiger partial charge in [0.05, 0.1) is 10.6 Å². The summed E-state index contributed by atoms with van der Waals surface area (Å²) in [4.78, 5) is 23.7. The fourth-order valence-electron chi connectivity index (χ4n) is 3.99. The molecule has 1 aliphatic carbocycles. The number of aliphatic carboxylic acids is 1. The molecule has 0 unspecified atom stereocenters. The molecule has 0 aliphatic heterocycles. The topological polar surface area (TPSA) is 124 Å². The van der Waals surface area contributed by atoms with Crippen molar-refractivity contribution in [2.24, 2.45) is 0 Å². The number of carbonyl (C=O) groups is 2. The molecule has 0 radical (unpaired) electrons. The molecule has 1 aliphatic rings. The Morgan fingerprint density at radius 3 is 2.52 bits per heavy atom. The van der Waals surface area contributed by atoms with Gasteiger partial charge in [0, 0.05) is 29.6 Å². The summed E-state index contributed by atoms with van der Waals surface area (Å²) in [6.07, 6.45) is 4.42. The van der Waals surface area contributed by atoms with Gasteiger partial charge in [-0.25, -0.2) is 8.42 Å². The Bertz CT molecular complexity index is 1120. The van der Waals surface area contributed by atoms with E-state index in [4.69, 9.17) is 16.7 Å². The van der Waals surface area contributed by atoms with Gasteiger partial charge in [0.1, 0.15) is 5.75 Å². The van der Waals surface area contributed by atoms with Crippen LogP contribution in [0.25, 0.3) is 0 Å². The smallest absolute Gasteiger partial charge is 0.303 e. The summed E-state index contributed by atoms with van der Waals surface area (Å²) >= 11 is 5.92. The first-order chi connectivity index (χ1) is 15.7. The van der Waals surface area contributed by atoms with Crippen LogP contribution < -0.4 is 5.32 Å². The number of phenols is 1. The standard InChI is InChI=1S/C23H27ClN2O6S/c24-17-11-12-21(27)20(15-17)25-23(30)16-6-4-9-19(14-16)33(31,32)26(13-5-10-22(28)29)18-7-2-1-3-8-18/h4,6,9,11-12,14-15,18,27H,1-3,5,7-8,10,13H2,(H,25,30)(H,28,29). The summed E-state index contributed by atoms with van der Waals surface area (Å²) in [5.74, 6) is -1.74. The van der Waals surface area contributed by atoms with E-state index in [9.17, 15) is 23.1 Å². The number of anilines is 1. The molecule has 10 heteroatoms. The predicted octanol–water partition coefficient (Wildman–Crippen LogP) is 4.49. The lowest BCUT2D eigenvalue weighted by atomic mass is 9.95. The monoisotopic (exact) mass is 494 g/mol. The van der Waals surface area contributed by atoms with Crippen molar-refractivity contribution >= 4 is 39.2 Å². The summed E-state index contributed by atoms with van der Waals surface area (Å²) in [6, 6.07) is 9.69. The molecule has 0 spiro atoms. The number of nitrogens with one attached hydrogen (secondary N) is 1. The molecule has 2 aromatic carbocycles. The van der Waals surface area contributed by atoms with Crippen molar-refractivity contribution in [2.75, 3.05) is 11.9 Å². The lowest BCUT2D eigenvalue weighted by molar-refractivity contribution is -0.137. The second kappa shape index (κ2) is 11.0. The number of sulfonamides is 1. The largest absolute Gasteiger partial charge is 0.506 e. The Hall–Kier alpha value is -2.62. The zero-order valence-corrected chi connectivity index (χ0v) is 19.6. The zero-order valence-electron chi connectivity index (χ0n) is 18.0. The van der Waals surface area contributed by atoms with Crippen LogP contribution in [0.15, 0.2) is 47.4 Å². The first-order valence-corrected chi connectivity index (χ1v) is 12.6. The number of hydrogen-bond donors (Lipinski definition) is 3. The van der Waals surface area contributed by atoms with Crippen LogP contribution in [0, 0.1) is 0 Å². The number of carboxylic acids is 1. The predicted molar refractivity (Wildman–Crippen MR) is 125 cm³/mol. The van der Waals surface area contributed by atoms with Gasteiger partial charge in [0.25, 0.3) is 5.91 Å². The third kappa shape index (κ3) is 6.46. The molecule has 0 heterocycles. The summed E-state index contributed by atoms with van der Waals surface area (Å²) in [5, 5.41) is 21.8. The third-order valence-corrected chi connectivity index (χ3v) is 7.84. The molecule has 33 heavy (non-hydrogen) atoms. The molecule has 3 rings (SSSR count). The maximum Gasteiger partial charge on any atom is 0.303 e. The number of nitrogens with zero attached hydrogens (tertiary/aromatic N) is 1. The molecule has 0 saturated heterocycles. The first-order valence-electron chi connectivity index (χ1n) is 10.8. The lowest BCUT2D eigenvalue weighted by Crippen LogP contribution is -2.42. The number of hydrogen-bond acceptors (Lipinski definition) is 5.